The lowest BCUT2D eigenvalue weighted by atomic mass is 10.1. The number of hydrogen-bond acceptors (Lipinski definition) is 3. The summed E-state index contributed by atoms with van der Waals surface area (Å²) in [6, 6.07) is 0.335. The van der Waals surface area contributed by atoms with Crippen molar-refractivity contribution in [2.75, 3.05) is 20.3 Å². The molecule has 3 heteroatoms. The fraction of sp³-hybridized carbons (Fsp3) is 1.00. The van der Waals surface area contributed by atoms with Crippen LogP contribution in [0.4, 0.5) is 0 Å². The van der Waals surface area contributed by atoms with Gasteiger partial charge in [0, 0.05) is 19.8 Å². The first-order valence-electron chi connectivity index (χ1n) is 4.75. The summed E-state index contributed by atoms with van der Waals surface area (Å²) in [5, 5.41) is 12.9. The van der Waals surface area contributed by atoms with E-state index in [1.165, 1.54) is 6.42 Å². The minimum atomic E-state index is -0.178. The largest absolute Gasteiger partial charge is 0.392 e. The monoisotopic (exact) mass is 173 g/mol. The maximum Gasteiger partial charge on any atom is 0.0694 e. The molecule has 0 aromatic carbocycles. The van der Waals surface area contributed by atoms with Crippen molar-refractivity contribution < 1.29 is 9.84 Å². The average Bonchev–Trinajstić information content (AvgIpc) is 2.56. The highest BCUT2D eigenvalue weighted by Crippen LogP contribution is 2.12. The van der Waals surface area contributed by atoms with Gasteiger partial charge in [-0.15, -0.1) is 0 Å². The van der Waals surface area contributed by atoms with Crippen molar-refractivity contribution in [2.45, 2.75) is 37.8 Å². The normalized spacial score (nSPS) is 26.0. The maximum atomic E-state index is 9.66. The first-order valence-corrected chi connectivity index (χ1v) is 4.75. The first kappa shape index (κ1) is 9.96. The average molecular weight is 173 g/mol. The standard InChI is InChI=1S/C9H19NO2/c1-12-7-3-5-9(11)8-4-2-6-10-8/h8-11H,2-7H2,1H3. The van der Waals surface area contributed by atoms with Crippen LogP contribution in [0.5, 0.6) is 0 Å². The topological polar surface area (TPSA) is 41.5 Å². The van der Waals surface area contributed by atoms with E-state index >= 15 is 0 Å². The van der Waals surface area contributed by atoms with Crippen LogP contribution < -0.4 is 5.32 Å². The van der Waals surface area contributed by atoms with Crippen LogP contribution in [0.3, 0.4) is 0 Å². The molecule has 0 aromatic rings. The highest BCUT2D eigenvalue weighted by molar-refractivity contribution is 4.80. The van der Waals surface area contributed by atoms with E-state index in [4.69, 9.17) is 4.74 Å². The second kappa shape index (κ2) is 5.51. The summed E-state index contributed by atoms with van der Waals surface area (Å²) < 4.78 is 4.92. The van der Waals surface area contributed by atoms with Gasteiger partial charge in [-0.3, -0.25) is 0 Å². The Hall–Kier alpha value is -0.120. The number of nitrogens with one attached hydrogen (secondary N) is 1. The van der Waals surface area contributed by atoms with Crippen molar-refractivity contribution in [1.29, 1.82) is 0 Å². The van der Waals surface area contributed by atoms with Crippen LogP contribution in [0.2, 0.25) is 0 Å². The number of ether oxygens (including phenoxy) is 1. The lowest BCUT2D eigenvalue weighted by Crippen LogP contribution is -2.34. The van der Waals surface area contributed by atoms with Crippen LogP contribution in [0, 0.1) is 0 Å². The molecular weight excluding hydrogens is 154 g/mol. The van der Waals surface area contributed by atoms with Crippen molar-refractivity contribution in [3.05, 3.63) is 0 Å². The molecule has 2 atom stereocenters. The van der Waals surface area contributed by atoms with E-state index in [1.807, 2.05) is 0 Å². The molecule has 3 nitrogen and oxygen atoms in total. The molecule has 0 bridgehead atoms. The molecule has 1 aliphatic rings. The Bertz CT molecular complexity index is 113. The molecule has 2 unspecified atom stereocenters. The summed E-state index contributed by atoms with van der Waals surface area (Å²) >= 11 is 0. The summed E-state index contributed by atoms with van der Waals surface area (Å²) in [6.07, 6.45) is 3.95. The van der Waals surface area contributed by atoms with Gasteiger partial charge in [-0.05, 0) is 32.2 Å². The van der Waals surface area contributed by atoms with E-state index in [0.717, 1.165) is 32.4 Å². The van der Waals surface area contributed by atoms with Gasteiger partial charge in [-0.1, -0.05) is 0 Å². The van der Waals surface area contributed by atoms with Gasteiger partial charge in [0.15, 0.2) is 0 Å². The quantitative estimate of drug-likeness (QED) is 0.596. The third kappa shape index (κ3) is 3.09. The van der Waals surface area contributed by atoms with Crippen molar-refractivity contribution in [2.24, 2.45) is 0 Å². The smallest absolute Gasteiger partial charge is 0.0694 e. The molecule has 12 heavy (non-hydrogen) atoms. The van der Waals surface area contributed by atoms with Crippen LogP contribution in [0.25, 0.3) is 0 Å². The third-order valence-electron chi connectivity index (χ3n) is 2.41. The molecule has 72 valence electrons. The van der Waals surface area contributed by atoms with Crippen LogP contribution in [-0.2, 0) is 4.74 Å². The minimum absolute atomic E-state index is 0.178. The van der Waals surface area contributed by atoms with Gasteiger partial charge >= 0.3 is 0 Å². The number of aliphatic hydroxyl groups excluding tert-OH is 1. The first-order chi connectivity index (χ1) is 5.84. The molecule has 0 amide bonds. The molecule has 0 aromatic heterocycles. The second-order valence-corrected chi connectivity index (χ2v) is 3.41. The Morgan fingerprint density at radius 3 is 3.08 bits per heavy atom. The molecule has 2 N–H and O–H groups in total. The maximum absolute atomic E-state index is 9.66. The second-order valence-electron chi connectivity index (χ2n) is 3.41. The van der Waals surface area contributed by atoms with Gasteiger partial charge in [-0.2, -0.15) is 0 Å². The molecule has 1 heterocycles. The predicted octanol–water partition coefficient (Wildman–Crippen LogP) is 0.526. The van der Waals surface area contributed by atoms with Gasteiger partial charge in [-0.25, -0.2) is 0 Å². The molecule has 0 radical (unpaired) electrons. The Balaban J connectivity index is 2.05. The SMILES string of the molecule is COCCCC(O)C1CCCN1. The minimum Gasteiger partial charge on any atom is -0.392 e. The zero-order chi connectivity index (χ0) is 8.81. The van der Waals surface area contributed by atoms with Gasteiger partial charge in [0.2, 0.25) is 0 Å². The Morgan fingerprint density at radius 1 is 1.67 bits per heavy atom. The van der Waals surface area contributed by atoms with Crippen molar-refractivity contribution in [3.63, 3.8) is 0 Å². The number of rotatable bonds is 5. The Morgan fingerprint density at radius 2 is 2.50 bits per heavy atom. The summed E-state index contributed by atoms with van der Waals surface area (Å²) in [4.78, 5) is 0. The molecule has 0 saturated carbocycles. The molecule has 1 fully saturated rings. The molecule has 1 saturated heterocycles. The zero-order valence-electron chi connectivity index (χ0n) is 7.75. The van der Waals surface area contributed by atoms with E-state index in [1.54, 1.807) is 7.11 Å². The molecule has 0 spiro atoms. The van der Waals surface area contributed by atoms with E-state index in [-0.39, 0.29) is 6.10 Å². The number of methoxy groups -OCH3 is 1. The van der Waals surface area contributed by atoms with Crippen LogP contribution in [-0.4, -0.2) is 37.5 Å². The van der Waals surface area contributed by atoms with Gasteiger partial charge in [0.05, 0.1) is 6.10 Å². The van der Waals surface area contributed by atoms with E-state index in [9.17, 15) is 5.11 Å². The Kier molecular flexibility index (Phi) is 4.58. The third-order valence-corrected chi connectivity index (χ3v) is 2.41. The summed E-state index contributed by atoms with van der Waals surface area (Å²) in [6.45, 7) is 1.82. The summed E-state index contributed by atoms with van der Waals surface area (Å²) in [7, 11) is 1.69. The molecular formula is C9H19NO2. The van der Waals surface area contributed by atoms with Crippen LogP contribution >= 0.6 is 0 Å². The fourth-order valence-electron chi connectivity index (χ4n) is 1.68. The van der Waals surface area contributed by atoms with Gasteiger partial charge < -0.3 is 15.2 Å². The van der Waals surface area contributed by atoms with Crippen molar-refractivity contribution in [3.8, 4) is 0 Å². The van der Waals surface area contributed by atoms with Gasteiger partial charge in [0.25, 0.3) is 0 Å². The fourth-order valence-corrected chi connectivity index (χ4v) is 1.68. The van der Waals surface area contributed by atoms with Gasteiger partial charge in [0.1, 0.15) is 0 Å². The predicted molar refractivity (Wildman–Crippen MR) is 48.1 cm³/mol. The number of aliphatic hydroxyl groups is 1. The zero-order valence-corrected chi connectivity index (χ0v) is 7.75. The van der Waals surface area contributed by atoms with E-state index < -0.39 is 0 Å². The highest BCUT2D eigenvalue weighted by Gasteiger charge is 2.21. The molecule has 1 rings (SSSR count). The number of hydrogen-bond donors (Lipinski definition) is 2. The van der Waals surface area contributed by atoms with Crippen LogP contribution in [0.15, 0.2) is 0 Å². The van der Waals surface area contributed by atoms with Crippen LogP contribution in [0.1, 0.15) is 25.7 Å². The summed E-state index contributed by atoms with van der Waals surface area (Å²) in [5.74, 6) is 0. The lowest BCUT2D eigenvalue weighted by Gasteiger charge is -2.17. The van der Waals surface area contributed by atoms with Crippen molar-refractivity contribution in [1.82, 2.24) is 5.32 Å². The highest BCUT2D eigenvalue weighted by atomic mass is 16.5. The lowest BCUT2D eigenvalue weighted by molar-refractivity contribution is 0.108. The molecule has 0 aliphatic carbocycles. The van der Waals surface area contributed by atoms with E-state index in [0.29, 0.717) is 6.04 Å². The van der Waals surface area contributed by atoms with E-state index in [2.05, 4.69) is 5.32 Å². The Labute approximate surface area is 74.1 Å². The molecule has 1 aliphatic heterocycles. The summed E-state index contributed by atoms with van der Waals surface area (Å²) in [5.41, 5.74) is 0. The van der Waals surface area contributed by atoms with Crippen molar-refractivity contribution >= 4 is 0 Å².